The normalized spacial score (nSPS) is 14.7. The number of aromatic amines is 1. The van der Waals surface area contributed by atoms with Crippen LogP contribution in [0.25, 0.3) is 11.3 Å². The summed E-state index contributed by atoms with van der Waals surface area (Å²) in [4.78, 5) is 0. The van der Waals surface area contributed by atoms with E-state index in [1.165, 1.54) is 0 Å². The van der Waals surface area contributed by atoms with Crippen molar-refractivity contribution in [3.05, 3.63) is 59.0 Å². The lowest BCUT2D eigenvalue weighted by molar-refractivity contribution is 0.311. The fourth-order valence-electron chi connectivity index (χ4n) is 3.94. The molecule has 9 heteroatoms. The summed E-state index contributed by atoms with van der Waals surface area (Å²) in [5.74, 6) is 2.05. The quantitative estimate of drug-likeness (QED) is 0.560. The number of nitrogens with zero attached hydrogens (tertiary/aromatic N) is 2. The van der Waals surface area contributed by atoms with E-state index in [-0.39, 0.29) is 17.3 Å². The number of nitrogens with one attached hydrogen (secondary N) is 1. The molecule has 3 aromatic rings. The molecule has 170 valence electrons. The molecule has 2 aromatic carbocycles. The number of methoxy groups -OCH3 is 3. The highest BCUT2D eigenvalue weighted by molar-refractivity contribution is 5.73. The van der Waals surface area contributed by atoms with Crippen molar-refractivity contribution >= 4 is 0 Å². The molecule has 1 aliphatic rings. The van der Waals surface area contributed by atoms with Crippen LogP contribution >= 0.6 is 0 Å². The summed E-state index contributed by atoms with van der Waals surface area (Å²) in [6.07, 6.45) is 0. The molecule has 0 aliphatic carbocycles. The second-order valence-electron chi connectivity index (χ2n) is 7.15. The van der Waals surface area contributed by atoms with E-state index in [9.17, 15) is 5.26 Å². The van der Waals surface area contributed by atoms with E-state index in [2.05, 4.69) is 16.3 Å². The standard InChI is InChI=1S/C24H24N4O5/c1-5-32-18-8-6-13(10-19(18)31-4)22-21-20(15-11-14(29-2)7-9-17(15)30-3)16(12-25)23(26)33-24(21)28-27-22/h6-11,20H,5,26H2,1-4H3,(H,27,28)/t20-/m0/s1. The number of hydrogen-bond acceptors (Lipinski definition) is 8. The summed E-state index contributed by atoms with van der Waals surface area (Å²) in [5.41, 5.74) is 9.13. The van der Waals surface area contributed by atoms with Gasteiger partial charge in [-0.15, -0.1) is 5.10 Å². The predicted molar refractivity (Wildman–Crippen MR) is 121 cm³/mol. The molecule has 0 unspecified atom stereocenters. The Kier molecular flexibility index (Phi) is 6.00. The fraction of sp³-hybridized carbons (Fsp3) is 0.250. The maximum atomic E-state index is 9.98. The Hall–Kier alpha value is -4.32. The highest BCUT2D eigenvalue weighted by atomic mass is 16.5. The van der Waals surface area contributed by atoms with Gasteiger partial charge in [0.2, 0.25) is 11.8 Å². The Bertz CT molecular complexity index is 1260. The van der Waals surface area contributed by atoms with Crippen molar-refractivity contribution in [3.8, 4) is 46.2 Å². The summed E-state index contributed by atoms with van der Waals surface area (Å²) >= 11 is 0. The first kappa shape index (κ1) is 21.9. The molecule has 0 bridgehead atoms. The minimum absolute atomic E-state index is 0.0119. The van der Waals surface area contributed by atoms with Gasteiger partial charge in [-0.1, -0.05) is 0 Å². The molecule has 0 saturated heterocycles. The number of nitriles is 1. The minimum atomic E-state index is -0.602. The van der Waals surface area contributed by atoms with Gasteiger partial charge < -0.3 is 29.4 Å². The van der Waals surface area contributed by atoms with Gasteiger partial charge >= 0.3 is 0 Å². The Morgan fingerprint density at radius 2 is 1.82 bits per heavy atom. The number of aromatic nitrogens is 2. The minimum Gasteiger partial charge on any atom is -0.497 e. The summed E-state index contributed by atoms with van der Waals surface area (Å²) in [7, 11) is 4.72. The molecule has 1 aromatic heterocycles. The third-order valence-electron chi connectivity index (χ3n) is 5.44. The number of ether oxygens (including phenoxy) is 5. The predicted octanol–water partition coefficient (Wildman–Crippen LogP) is 3.72. The van der Waals surface area contributed by atoms with Crippen LogP contribution in [0.4, 0.5) is 0 Å². The topological polar surface area (TPSA) is 125 Å². The molecule has 1 atom stereocenters. The Morgan fingerprint density at radius 3 is 2.48 bits per heavy atom. The molecule has 0 spiro atoms. The first-order valence-electron chi connectivity index (χ1n) is 10.2. The Labute approximate surface area is 191 Å². The summed E-state index contributed by atoms with van der Waals surface area (Å²) in [5, 5.41) is 17.3. The van der Waals surface area contributed by atoms with E-state index in [1.807, 2.05) is 31.2 Å². The average molecular weight is 448 g/mol. The lowest BCUT2D eigenvalue weighted by Crippen LogP contribution is -2.21. The maximum Gasteiger partial charge on any atom is 0.244 e. The zero-order valence-corrected chi connectivity index (χ0v) is 18.8. The monoisotopic (exact) mass is 448 g/mol. The number of benzene rings is 2. The van der Waals surface area contributed by atoms with Gasteiger partial charge in [-0.2, -0.15) is 5.26 Å². The zero-order chi connectivity index (χ0) is 23.5. The van der Waals surface area contributed by atoms with Crippen molar-refractivity contribution < 1.29 is 23.7 Å². The van der Waals surface area contributed by atoms with E-state index in [4.69, 9.17) is 29.4 Å². The molecule has 0 amide bonds. The van der Waals surface area contributed by atoms with Crippen LogP contribution in [0.5, 0.6) is 28.9 Å². The molecule has 0 radical (unpaired) electrons. The van der Waals surface area contributed by atoms with E-state index in [0.29, 0.717) is 46.4 Å². The van der Waals surface area contributed by atoms with Gasteiger partial charge in [0.05, 0.1) is 45.1 Å². The number of nitrogens with two attached hydrogens (primary N) is 1. The van der Waals surface area contributed by atoms with Crippen molar-refractivity contribution in [2.45, 2.75) is 12.8 Å². The number of allylic oxidation sites excluding steroid dienone is 1. The molecule has 4 rings (SSSR count). The summed E-state index contributed by atoms with van der Waals surface area (Å²) < 4.78 is 27.9. The Balaban J connectivity index is 1.94. The molecule has 1 aliphatic heterocycles. The van der Waals surface area contributed by atoms with Gasteiger partial charge in [0.15, 0.2) is 11.5 Å². The lowest BCUT2D eigenvalue weighted by Gasteiger charge is -2.25. The van der Waals surface area contributed by atoms with E-state index in [1.54, 1.807) is 33.5 Å². The average Bonchev–Trinajstić information content (AvgIpc) is 3.26. The van der Waals surface area contributed by atoms with Crippen molar-refractivity contribution in [1.29, 1.82) is 5.26 Å². The SMILES string of the molecule is CCOc1ccc(-c2[nH]nc3c2[C@@H](c2cc(OC)ccc2OC)C(C#N)=C(N)O3)cc1OC. The van der Waals surface area contributed by atoms with Crippen LogP contribution in [-0.2, 0) is 0 Å². The molecule has 2 heterocycles. The van der Waals surface area contributed by atoms with Gasteiger partial charge in [0.1, 0.15) is 23.1 Å². The van der Waals surface area contributed by atoms with Gasteiger partial charge in [-0.05, 0) is 43.3 Å². The highest BCUT2D eigenvalue weighted by Crippen LogP contribution is 2.49. The first-order valence-corrected chi connectivity index (χ1v) is 10.2. The van der Waals surface area contributed by atoms with E-state index < -0.39 is 5.92 Å². The smallest absolute Gasteiger partial charge is 0.244 e. The number of rotatable bonds is 7. The van der Waals surface area contributed by atoms with Crippen LogP contribution in [0, 0.1) is 11.3 Å². The highest BCUT2D eigenvalue weighted by Gasteiger charge is 2.37. The molecule has 3 N–H and O–H groups in total. The van der Waals surface area contributed by atoms with Crippen LogP contribution in [0.1, 0.15) is 24.0 Å². The van der Waals surface area contributed by atoms with E-state index in [0.717, 1.165) is 5.56 Å². The van der Waals surface area contributed by atoms with Crippen molar-refractivity contribution in [2.75, 3.05) is 27.9 Å². The van der Waals surface area contributed by atoms with Crippen LogP contribution in [0.2, 0.25) is 0 Å². The Morgan fingerprint density at radius 1 is 1.06 bits per heavy atom. The van der Waals surface area contributed by atoms with Crippen LogP contribution in [0.15, 0.2) is 47.9 Å². The molecular formula is C24H24N4O5. The second-order valence-corrected chi connectivity index (χ2v) is 7.15. The maximum absolute atomic E-state index is 9.98. The molecule has 9 nitrogen and oxygen atoms in total. The molecule has 0 saturated carbocycles. The lowest BCUT2D eigenvalue weighted by atomic mass is 9.82. The summed E-state index contributed by atoms with van der Waals surface area (Å²) in [6, 6.07) is 13.1. The van der Waals surface area contributed by atoms with Crippen LogP contribution < -0.4 is 29.4 Å². The van der Waals surface area contributed by atoms with Gasteiger partial charge in [-0.3, -0.25) is 5.10 Å². The third-order valence-corrected chi connectivity index (χ3v) is 5.44. The second kappa shape index (κ2) is 9.04. The third kappa shape index (κ3) is 3.76. The molecule has 0 fully saturated rings. The molecule has 33 heavy (non-hydrogen) atoms. The van der Waals surface area contributed by atoms with Crippen LogP contribution in [-0.4, -0.2) is 38.1 Å². The van der Waals surface area contributed by atoms with Gasteiger partial charge in [0.25, 0.3) is 0 Å². The van der Waals surface area contributed by atoms with Crippen LogP contribution in [0.3, 0.4) is 0 Å². The first-order chi connectivity index (χ1) is 16.1. The van der Waals surface area contributed by atoms with Gasteiger partial charge in [-0.25, -0.2) is 0 Å². The zero-order valence-electron chi connectivity index (χ0n) is 18.8. The van der Waals surface area contributed by atoms with E-state index >= 15 is 0 Å². The number of H-pyrrole nitrogens is 1. The van der Waals surface area contributed by atoms with Crippen molar-refractivity contribution in [3.63, 3.8) is 0 Å². The van der Waals surface area contributed by atoms with Gasteiger partial charge in [0, 0.05) is 11.1 Å². The number of hydrogen-bond donors (Lipinski definition) is 2. The van der Waals surface area contributed by atoms with Crippen molar-refractivity contribution in [2.24, 2.45) is 5.73 Å². The summed E-state index contributed by atoms with van der Waals surface area (Å²) in [6.45, 7) is 2.42. The number of fused-ring (bicyclic) bond motifs is 1. The fourth-order valence-corrected chi connectivity index (χ4v) is 3.94. The largest absolute Gasteiger partial charge is 0.497 e. The molecular weight excluding hydrogens is 424 g/mol. The van der Waals surface area contributed by atoms with Crippen molar-refractivity contribution in [1.82, 2.24) is 10.2 Å².